The lowest BCUT2D eigenvalue weighted by Gasteiger charge is -2.05. The molecule has 0 radical (unpaired) electrons. The van der Waals surface area contributed by atoms with Crippen LogP contribution in [-0.4, -0.2) is 30.2 Å². The molecule has 0 aromatic heterocycles. The van der Waals surface area contributed by atoms with Crippen LogP contribution in [0.3, 0.4) is 0 Å². The lowest BCUT2D eigenvalue weighted by molar-refractivity contribution is -0.116. The molecule has 0 spiro atoms. The number of aryl methyl sites for hydroxylation is 1. The quantitative estimate of drug-likeness (QED) is 0.884. The molecule has 2 rings (SSSR count). The summed E-state index contributed by atoms with van der Waals surface area (Å²) < 4.78 is 9.75. The fourth-order valence-corrected chi connectivity index (χ4v) is 1.83. The first kappa shape index (κ1) is 18.4. The Bertz CT molecular complexity index is 637. The fourth-order valence-electron chi connectivity index (χ4n) is 1.83. The van der Waals surface area contributed by atoms with E-state index < -0.39 is 0 Å². The van der Waals surface area contributed by atoms with E-state index in [0.29, 0.717) is 24.3 Å². The molecule has 2 aromatic rings. The smallest absolute Gasteiger partial charge is 0.160 e. The van der Waals surface area contributed by atoms with E-state index in [0.717, 1.165) is 5.56 Å². The van der Waals surface area contributed by atoms with Crippen molar-refractivity contribution in [1.82, 2.24) is 0 Å². The van der Waals surface area contributed by atoms with Crippen molar-refractivity contribution >= 4 is 5.78 Å². The van der Waals surface area contributed by atoms with Gasteiger partial charge in [-0.25, -0.2) is 0 Å². The number of carbonyl (C=O) groups excluding carboxylic acids is 1. The molecule has 124 valence electrons. The van der Waals surface area contributed by atoms with Gasteiger partial charge in [-0.2, -0.15) is 0 Å². The summed E-state index contributed by atoms with van der Waals surface area (Å²) in [4.78, 5) is 10.8. The summed E-state index contributed by atoms with van der Waals surface area (Å²) in [5.41, 5.74) is 0.995. The maximum Gasteiger partial charge on any atom is 0.160 e. The Morgan fingerprint density at radius 3 is 2.09 bits per heavy atom. The van der Waals surface area contributed by atoms with Gasteiger partial charge in [-0.1, -0.05) is 18.2 Å². The van der Waals surface area contributed by atoms with Crippen LogP contribution >= 0.6 is 0 Å². The molecule has 0 aliphatic rings. The second-order valence-corrected chi connectivity index (χ2v) is 4.88. The predicted octanol–water partition coefficient (Wildman–Crippen LogP) is 3.32. The van der Waals surface area contributed by atoms with Crippen LogP contribution in [0, 0.1) is 0 Å². The molecule has 2 N–H and O–H groups in total. The Balaban J connectivity index is 0.000000253. The molecule has 5 nitrogen and oxygen atoms in total. The predicted molar refractivity (Wildman–Crippen MR) is 88.3 cm³/mol. The van der Waals surface area contributed by atoms with Crippen LogP contribution < -0.4 is 9.47 Å². The zero-order valence-electron chi connectivity index (χ0n) is 13.6. The second kappa shape index (κ2) is 9.35. The van der Waals surface area contributed by atoms with Crippen molar-refractivity contribution < 1.29 is 24.5 Å². The first-order valence-corrected chi connectivity index (χ1v) is 7.15. The number of aromatic hydroxyl groups is 2. The van der Waals surface area contributed by atoms with Crippen molar-refractivity contribution in [1.29, 1.82) is 0 Å². The molecule has 0 atom stereocenters. The first-order chi connectivity index (χ1) is 11.0. The van der Waals surface area contributed by atoms with E-state index in [9.17, 15) is 9.90 Å². The average molecular weight is 318 g/mol. The van der Waals surface area contributed by atoms with Gasteiger partial charge < -0.3 is 24.5 Å². The number of hydrogen-bond donors (Lipinski definition) is 2. The highest BCUT2D eigenvalue weighted by Gasteiger charge is 2.03. The number of phenolic OH excluding ortho intramolecular Hbond substituents is 2. The zero-order chi connectivity index (χ0) is 17.2. The second-order valence-electron chi connectivity index (χ2n) is 4.88. The first-order valence-electron chi connectivity index (χ1n) is 7.15. The summed E-state index contributed by atoms with van der Waals surface area (Å²) in [6.07, 6.45) is 1.21. The van der Waals surface area contributed by atoms with Crippen LogP contribution in [0.25, 0.3) is 0 Å². The summed E-state index contributed by atoms with van der Waals surface area (Å²) in [5, 5.41) is 18.3. The molecule has 0 saturated carbocycles. The lowest BCUT2D eigenvalue weighted by Crippen LogP contribution is -1.94. The standard InChI is InChI=1S/C11H14O3.C7H8O2/c1-8(12)3-4-9-5-6-10(13)11(7-9)14-2;1-9-7-5-3-2-4-6(7)8/h5-7,13H,3-4H2,1-2H3;2-5,8H,1H3. The van der Waals surface area contributed by atoms with Crippen molar-refractivity contribution in [3.63, 3.8) is 0 Å². The van der Waals surface area contributed by atoms with Crippen molar-refractivity contribution in [3.05, 3.63) is 48.0 Å². The third kappa shape index (κ3) is 6.30. The van der Waals surface area contributed by atoms with E-state index in [1.54, 1.807) is 49.4 Å². The van der Waals surface area contributed by atoms with Gasteiger partial charge in [0.25, 0.3) is 0 Å². The number of phenols is 2. The van der Waals surface area contributed by atoms with Crippen molar-refractivity contribution in [2.24, 2.45) is 0 Å². The molecule has 0 heterocycles. The number of benzene rings is 2. The third-order valence-electron chi connectivity index (χ3n) is 3.10. The molecule has 0 amide bonds. The molecule has 0 aliphatic heterocycles. The summed E-state index contributed by atoms with van der Waals surface area (Å²) in [6.45, 7) is 1.57. The number of ketones is 1. The van der Waals surface area contributed by atoms with Crippen molar-refractivity contribution in [2.75, 3.05) is 14.2 Å². The van der Waals surface area contributed by atoms with E-state index in [4.69, 9.17) is 14.6 Å². The van der Waals surface area contributed by atoms with E-state index in [2.05, 4.69) is 0 Å². The van der Waals surface area contributed by atoms with Crippen LogP contribution in [0.5, 0.6) is 23.0 Å². The SMILES string of the molecule is COc1cc(CCC(C)=O)ccc1O.COc1ccccc1O. The minimum Gasteiger partial charge on any atom is -0.504 e. The summed E-state index contributed by atoms with van der Waals surface area (Å²) in [6, 6.07) is 12.0. The molecular weight excluding hydrogens is 296 g/mol. The zero-order valence-corrected chi connectivity index (χ0v) is 13.6. The molecular formula is C18H22O5. The maximum absolute atomic E-state index is 10.8. The Labute approximate surface area is 136 Å². The highest BCUT2D eigenvalue weighted by atomic mass is 16.5. The molecule has 0 bridgehead atoms. The number of ether oxygens (including phenoxy) is 2. The highest BCUT2D eigenvalue weighted by molar-refractivity contribution is 5.75. The molecule has 2 aromatic carbocycles. The Morgan fingerprint density at radius 1 is 0.957 bits per heavy atom. The normalized spacial score (nSPS) is 9.52. The number of Topliss-reactive ketones (excluding diaryl/α,β-unsaturated/α-hetero) is 1. The molecule has 0 aliphatic carbocycles. The lowest BCUT2D eigenvalue weighted by atomic mass is 10.1. The number of para-hydroxylation sites is 2. The van der Waals surface area contributed by atoms with Crippen LogP contribution in [0.15, 0.2) is 42.5 Å². The van der Waals surface area contributed by atoms with Gasteiger partial charge >= 0.3 is 0 Å². The van der Waals surface area contributed by atoms with Crippen LogP contribution in [0.1, 0.15) is 18.9 Å². The molecule has 0 fully saturated rings. The summed E-state index contributed by atoms with van der Waals surface area (Å²) in [5.74, 6) is 1.43. The molecule has 0 unspecified atom stereocenters. The Kier molecular flexibility index (Phi) is 7.47. The summed E-state index contributed by atoms with van der Waals surface area (Å²) in [7, 11) is 3.03. The van der Waals surface area contributed by atoms with Crippen molar-refractivity contribution in [2.45, 2.75) is 19.8 Å². The number of carbonyl (C=O) groups is 1. The van der Waals surface area contributed by atoms with Crippen LogP contribution in [0.4, 0.5) is 0 Å². The van der Waals surface area contributed by atoms with Gasteiger partial charge in [0.15, 0.2) is 23.0 Å². The van der Waals surface area contributed by atoms with Gasteiger partial charge in [-0.15, -0.1) is 0 Å². The van der Waals surface area contributed by atoms with E-state index in [1.807, 2.05) is 0 Å². The Hall–Kier alpha value is -2.69. The summed E-state index contributed by atoms with van der Waals surface area (Å²) >= 11 is 0. The minimum absolute atomic E-state index is 0.124. The van der Waals surface area contributed by atoms with Gasteiger partial charge in [0.05, 0.1) is 14.2 Å². The van der Waals surface area contributed by atoms with Gasteiger partial charge in [-0.05, 0) is 43.2 Å². The fraction of sp³-hybridized carbons (Fsp3) is 0.278. The topological polar surface area (TPSA) is 76.0 Å². The van der Waals surface area contributed by atoms with Gasteiger partial charge in [0.1, 0.15) is 5.78 Å². The number of rotatable bonds is 5. The molecule has 0 saturated heterocycles. The highest BCUT2D eigenvalue weighted by Crippen LogP contribution is 2.26. The van der Waals surface area contributed by atoms with E-state index in [-0.39, 0.29) is 17.3 Å². The largest absolute Gasteiger partial charge is 0.504 e. The Morgan fingerprint density at radius 2 is 1.57 bits per heavy atom. The van der Waals surface area contributed by atoms with E-state index in [1.165, 1.54) is 14.2 Å². The maximum atomic E-state index is 10.8. The van der Waals surface area contributed by atoms with Crippen molar-refractivity contribution in [3.8, 4) is 23.0 Å². The monoisotopic (exact) mass is 318 g/mol. The molecule has 5 heteroatoms. The number of methoxy groups -OCH3 is 2. The van der Waals surface area contributed by atoms with Gasteiger partial charge in [0, 0.05) is 6.42 Å². The number of hydrogen-bond acceptors (Lipinski definition) is 5. The van der Waals surface area contributed by atoms with Crippen LogP contribution in [-0.2, 0) is 11.2 Å². The van der Waals surface area contributed by atoms with Gasteiger partial charge in [-0.3, -0.25) is 0 Å². The van der Waals surface area contributed by atoms with Crippen LogP contribution in [0.2, 0.25) is 0 Å². The van der Waals surface area contributed by atoms with E-state index >= 15 is 0 Å². The minimum atomic E-state index is 0.124. The third-order valence-corrected chi connectivity index (χ3v) is 3.10. The molecule has 23 heavy (non-hydrogen) atoms. The van der Waals surface area contributed by atoms with Gasteiger partial charge in [0.2, 0.25) is 0 Å². The average Bonchev–Trinajstić information content (AvgIpc) is 2.55.